The second-order valence-corrected chi connectivity index (χ2v) is 5.98. The monoisotopic (exact) mass is 405 g/mol. The Hall–Kier alpha value is -2.39. The molecule has 11 heteroatoms. The van der Waals surface area contributed by atoms with Crippen LogP contribution in [0.5, 0.6) is 11.5 Å². The first-order valence-electron chi connectivity index (χ1n) is 7.33. The molecular formula is C15H11Cl2F2N3O4. The van der Waals surface area contributed by atoms with Crippen LogP contribution >= 0.6 is 23.2 Å². The van der Waals surface area contributed by atoms with Crippen LogP contribution < -0.4 is 19.9 Å². The van der Waals surface area contributed by atoms with Gasteiger partial charge in [-0.25, -0.2) is 4.68 Å². The lowest BCUT2D eigenvalue weighted by Crippen LogP contribution is -2.37. The summed E-state index contributed by atoms with van der Waals surface area (Å²) in [7, 11) is 0. The van der Waals surface area contributed by atoms with Crippen molar-refractivity contribution >= 4 is 34.8 Å². The molecule has 2 aromatic rings. The average Bonchev–Trinajstić information content (AvgIpc) is 2.86. The van der Waals surface area contributed by atoms with Gasteiger partial charge in [0.05, 0.1) is 5.02 Å². The van der Waals surface area contributed by atoms with Crippen molar-refractivity contribution < 1.29 is 23.0 Å². The van der Waals surface area contributed by atoms with Crippen molar-refractivity contribution in [2.75, 3.05) is 11.4 Å². The van der Waals surface area contributed by atoms with E-state index < -0.39 is 24.3 Å². The van der Waals surface area contributed by atoms with Crippen molar-refractivity contribution in [3.8, 4) is 11.5 Å². The van der Waals surface area contributed by atoms with Gasteiger partial charge >= 0.3 is 6.29 Å². The van der Waals surface area contributed by atoms with Crippen LogP contribution in [0, 0.1) is 0 Å². The predicted molar refractivity (Wildman–Crippen MR) is 89.2 cm³/mol. The second-order valence-electron chi connectivity index (χ2n) is 5.22. The molecule has 0 radical (unpaired) electrons. The van der Waals surface area contributed by atoms with E-state index >= 15 is 0 Å². The van der Waals surface area contributed by atoms with E-state index in [-0.39, 0.29) is 28.2 Å². The Kier molecular flexibility index (Phi) is 4.76. The Morgan fingerprint density at radius 3 is 2.65 bits per heavy atom. The van der Waals surface area contributed by atoms with Crippen LogP contribution in [0.25, 0.3) is 0 Å². The molecule has 0 saturated carbocycles. The first-order valence-corrected chi connectivity index (χ1v) is 8.09. The summed E-state index contributed by atoms with van der Waals surface area (Å²) in [6.45, 7) is 1.49. The van der Waals surface area contributed by atoms with Crippen LogP contribution in [-0.4, -0.2) is 28.5 Å². The van der Waals surface area contributed by atoms with Crippen LogP contribution in [0.1, 0.15) is 6.92 Å². The van der Waals surface area contributed by atoms with E-state index in [9.17, 15) is 18.4 Å². The number of halogens is 4. The van der Waals surface area contributed by atoms with Crippen molar-refractivity contribution in [3.05, 3.63) is 44.8 Å². The molecule has 2 heterocycles. The number of aromatic nitrogens is 2. The normalized spacial score (nSPS) is 14.3. The number of carbonyl (C=O) groups is 1. The summed E-state index contributed by atoms with van der Waals surface area (Å²) in [6, 6.07) is 4.99. The van der Waals surface area contributed by atoms with Gasteiger partial charge in [-0.1, -0.05) is 23.2 Å². The quantitative estimate of drug-likeness (QED) is 0.781. The zero-order chi connectivity index (χ0) is 19.1. The summed E-state index contributed by atoms with van der Waals surface area (Å²) >= 11 is 11.5. The van der Waals surface area contributed by atoms with Gasteiger partial charge in [-0.15, -0.1) is 8.78 Å². The van der Waals surface area contributed by atoms with E-state index in [1.165, 1.54) is 23.1 Å². The summed E-state index contributed by atoms with van der Waals surface area (Å²) in [5, 5.41) is 3.60. The number of alkyl halides is 2. The zero-order valence-corrected chi connectivity index (χ0v) is 14.7. The molecule has 0 unspecified atom stereocenters. The third-order valence-electron chi connectivity index (χ3n) is 3.51. The van der Waals surface area contributed by atoms with Gasteiger partial charge in [0.15, 0.2) is 16.7 Å². The Morgan fingerprint density at radius 1 is 1.27 bits per heavy atom. The molecule has 1 aliphatic rings. The van der Waals surface area contributed by atoms with Crippen LogP contribution in [-0.2, 0) is 11.3 Å². The maximum atomic E-state index is 13.1. The van der Waals surface area contributed by atoms with Gasteiger partial charge in [0.25, 0.3) is 5.56 Å². The van der Waals surface area contributed by atoms with Gasteiger partial charge in [0, 0.05) is 24.4 Å². The average molecular weight is 406 g/mol. The molecule has 1 amide bonds. The molecule has 0 atom stereocenters. The highest BCUT2D eigenvalue weighted by atomic mass is 35.5. The molecular weight excluding hydrogens is 395 g/mol. The van der Waals surface area contributed by atoms with E-state index in [2.05, 4.69) is 14.6 Å². The van der Waals surface area contributed by atoms with E-state index in [0.717, 1.165) is 10.7 Å². The lowest BCUT2D eigenvalue weighted by atomic mass is 10.2. The number of carbonyl (C=O) groups excluding carboxylic acids is 1. The smallest absolute Gasteiger partial charge is 0.395 e. The van der Waals surface area contributed by atoms with Gasteiger partial charge < -0.3 is 14.4 Å². The highest BCUT2D eigenvalue weighted by Gasteiger charge is 2.43. The van der Waals surface area contributed by atoms with Crippen LogP contribution in [0.15, 0.2) is 29.1 Å². The Morgan fingerprint density at radius 2 is 1.96 bits per heavy atom. The molecule has 0 N–H and O–H groups in total. The Labute approximate surface area is 155 Å². The van der Waals surface area contributed by atoms with Gasteiger partial charge in [0.2, 0.25) is 5.91 Å². The van der Waals surface area contributed by atoms with Gasteiger partial charge in [-0.2, -0.15) is 5.10 Å². The first-order chi connectivity index (χ1) is 12.2. The van der Waals surface area contributed by atoms with E-state index in [1.807, 2.05) is 0 Å². The minimum absolute atomic E-state index is 0.0237. The molecule has 1 aliphatic heterocycles. The fraction of sp³-hybridized carbons (Fsp3) is 0.267. The number of amides is 1. The number of hydrogen-bond donors (Lipinski definition) is 0. The lowest BCUT2D eigenvalue weighted by molar-refractivity contribution is -0.286. The minimum atomic E-state index is -3.75. The number of likely N-dealkylation sites (N-methyl/N-ethyl adjacent to an activating group) is 1. The summed E-state index contributed by atoms with van der Waals surface area (Å²) in [6.07, 6.45) is -3.75. The van der Waals surface area contributed by atoms with Crippen molar-refractivity contribution in [1.82, 2.24) is 9.78 Å². The number of anilines is 1. The third-order valence-corrected chi connectivity index (χ3v) is 4.17. The number of ether oxygens (including phenoxy) is 2. The molecule has 0 aliphatic carbocycles. The number of hydrogen-bond acceptors (Lipinski definition) is 5. The van der Waals surface area contributed by atoms with Crippen molar-refractivity contribution in [2.45, 2.75) is 19.8 Å². The second kappa shape index (κ2) is 6.73. The summed E-state index contributed by atoms with van der Waals surface area (Å²) in [5.74, 6) is -0.834. The SMILES string of the molecule is CCN(C(=O)Cn1nc(Cl)c(Cl)cc1=O)c1ccc2c(c1)OC(F)(F)O2. The molecule has 7 nitrogen and oxygen atoms in total. The molecule has 1 aromatic heterocycles. The molecule has 3 rings (SSSR count). The fourth-order valence-electron chi connectivity index (χ4n) is 2.38. The zero-order valence-electron chi connectivity index (χ0n) is 13.2. The summed E-state index contributed by atoms with van der Waals surface area (Å²) in [5.41, 5.74) is -0.306. The van der Waals surface area contributed by atoms with Crippen molar-refractivity contribution in [3.63, 3.8) is 0 Å². The molecule has 0 spiro atoms. The standard InChI is InChI=1S/C15H11Cl2F2N3O4/c1-2-21(8-3-4-10-11(5-8)26-15(18,19)25-10)13(24)7-22-12(23)6-9(16)14(17)20-22/h3-6H,2,7H2,1H3. The van der Waals surface area contributed by atoms with E-state index in [1.54, 1.807) is 6.92 Å². The largest absolute Gasteiger partial charge is 0.586 e. The highest BCUT2D eigenvalue weighted by Crippen LogP contribution is 2.42. The Balaban J connectivity index is 1.85. The van der Waals surface area contributed by atoms with Crippen molar-refractivity contribution in [1.29, 1.82) is 0 Å². The summed E-state index contributed by atoms with van der Waals surface area (Å²) in [4.78, 5) is 25.7. The van der Waals surface area contributed by atoms with Crippen LogP contribution in [0.4, 0.5) is 14.5 Å². The topological polar surface area (TPSA) is 73.7 Å². The number of fused-ring (bicyclic) bond motifs is 1. The number of benzene rings is 1. The first kappa shape index (κ1) is 18.4. The minimum Gasteiger partial charge on any atom is -0.395 e. The maximum Gasteiger partial charge on any atom is 0.586 e. The molecule has 26 heavy (non-hydrogen) atoms. The van der Waals surface area contributed by atoms with Gasteiger partial charge in [0.1, 0.15) is 6.54 Å². The number of rotatable bonds is 4. The maximum absolute atomic E-state index is 13.1. The Bertz CT molecular complexity index is 936. The molecule has 0 bridgehead atoms. The van der Waals surface area contributed by atoms with Crippen LogP contribution in [0.3, 0.4) is 0 Å². The van der Waals surface area contributed by atoms with E-state index in [4.69, 9.17) is 23.2 Å². The predicted octanol–water partition coefficient (Wildman–Crippen LogP) is 2.92. The molecule has 1 aromatic carbocycles. The lowest BCUT2D eigenvalue weighted by Gasteiger charge is -2.21. The highest BCUT2D eigenvalue weighted by molar-refractivity contribution is 6.41. The molecule has 0 fully saturated rings. The number of nitrogens with zero attached hydrogens (tertiary/aromatic N) is 3. The van der Waals surface area contributed by atoms with Gasteiger partial charge in [-0.3, -0.25) is 9.59 Å². The van der Waals surface area contributed by atoms with E-state index in [0.29, 0.717) is 5.69 Å². The molecule has 0 saturated heterocycles. The molecule has 138 valence electrons. The third kappa shape index (κ3) is 3.58. The van der Waals surface area contributed by atoms with Gasteiger partial charge in [-0.05, 0) is 19.1 Å². The van der Waals surface area contributed by atoms with Crippen LogP contribution in [0.2, 0.25) is 10.2 Å². The van der Waals surface area contributed by atoms with Crippen molar-refractivity contribution in [2.24, 2.45) is 0 Å². The summed E-state index contributed by atoms with van der Waals surface area (Å²) < 4.78 is 35.8. The fourth-order valence-corrected chi connectivity index (χ4v) is 2.66.